The number of rotatable bonds is 2. The first-order valence-electron chi connectivity index (χ1n) is 4.77. The molecule has 1 heterocycles. The fourth-order valence-electron chi connectivity index (χ4n) is 1.27. The summed E-state index contributed by atoms with van der Waals surface area (Å²) >= 11 is 3.48. The molecule has 0 atom stereocenters. The van der Waals surface area contributed by atoms with E-state index in [1.807, 2.05) is 25.1 Å². The number of nitrogen functional groups attached to an aromatic ring is 1. The van der Waals surface area contributed by atoms with Crippen LogP contribution >= 0.6 is 15.9 Å². The number of halogens is 1. The molecule has 0 unspecified atom stereocenters. The molecule has 0 saturated heterocycles. The number of nitrogens with two attached hydrogens (primary N) is 1. The van der Waals surface area contributed by atoms with E-state index in [4.69, 9.17) is 5.73 Å². The van der Waals surface area contributed by atoms with Gasteiger partial charge in [-0.05, 0) is 52.7 Å². The van der Waals surface area contributed by atoms with E-state index in [-0.39, 0.29) is 0 Å². The van der Waals surface area contributed by atoms with Gasteiger partial charge in [0.05, 0.1) is 5.69 Å². The van der Waals surface area contributed by atoms with E-state index in [1.54, 1.807) is 12.1 Å². The minimum absolute atomic E-state index is 0.411. The first kappa shape index (κ1) is 10.9. The van der Waals surface area contributed by atoms with Crippen LogP contribution in [0, 0.1) is 6.92 Å². The fraction of sp³-hybridized carbons (Fsp3) is 0.0909. The van der Waals surface area contributed by atoms with Gasteiger partial charge >= 0.3 is 0 Å². The largest absolute Gasteiger partial charge is 0.382 e. The SMILES string of the molecule is Cc1ccc(Nc2ccc(N)nn2)c(Br)c1. The van der Waals surface area contributed by atoms with Crippen molar-refractivity contribution >= 4 is 33.3 Å². The van der Waals surface area contributed by atoms with Crippen LogP contribution in [0.4, 0.5) is 17.3 Å². The van der Waals surface area contributed by atoms with E-state index in [0.717, 1.165) is 10.2 Å². The van der Waals surface area contributed by atoms with E-state index in [2.05, 4.69) is 31.4 Å². The number of hydrogen-bond donors (Lipinski definition) is 2. The molecule has 0 amide bonds. The highest BCUT2D eigenvalue weighted by molar-refractivity contribution is 9.10. The van der Waals surface area contributed by atoms with Gasteiger partial charge in [-0.2, -0.15) is 0 Å². The molecule has 0 aliphatic rings. The smallest absolute Gasteiger partial charge is 0.153 e. The summed E-state index contributed by atoms with van der Waals surface area (Å²) < 4.78 is 0.992. The molecule has 82 valence electrons. The van der Waals surface area contributed by atoms with Gasteiger partial charge < -0.3 is 11.1 Å². The summed E-state index contributed by atoms with van der Waals surface area (Å²) in [4.78, 5) is 0. The Bertz CT molecular complexity index is 496. The van der Waals surface area contributed by atoms with Crippen molar-refractivity contribution in [3.8, 4) is 0 Å². The van der Waals surface area contributed by atoms with E-state index in [0.29, 0.717) is 11.6 Å². The van der Waals surface area contributed by atoms with Crippen LogP contribution in [0.1, 0.15) is 5.56 Å². The molecule has 0 bridgehead atoms. The highest BCUT2D eigenvalue weighted by Crippen LogP contribution is 2.25. The number of anilines is 3. The minimum atomic E-state index is 0.411. The molecule has 4 nitrogen and oxygen atoms in total. The zero-order chi connectivity index (χ0) is 11.5. The first-order chi connectivity index (χ1) is 7.65. The number of nitrogens with zero attached hydrogens (tertiary/aromatic N) is 2. The van der Waals surface area contributed by atoms with Crippen molar-refractivity contribution in [1.29, 1.82) is 0 Å². The third-order valence-corrected chi connectivity index (χ3v) is 2.73. The molecule has 16 heavy (non-hydrogen) atoms. The second kappa shape index (κ2) is 4.49. The molecule has 0 saturated carbocycles. The van der Waals surface area contributed by atoms with Crippen LogP contribution in [0.5, 0.6) is 0 Å². The zero-order valence-electron chi connectivity index (χ0n) is 8.74. The van der Waals surface area contributed by atoms with E-state index in [9.17, 15) is 0 Å². The lowest BCUT2D eigenvalue weighted by atomic mass is 10.2. The summed E-state index contributed by atoms with van der Waals surface area (Å²) in [6.45, 7) is 2.04. The van der Waals surface area contributed by atoms with Crippen molar-refractivity contribution in [2.75, 3.05) is 11.1 Å². The average Bonchev–Trinajstić information content (AvgIpc) is 2.25. The molecule has 2 aromatic rings. The summed E-state index contributed by atoms with van der Waals surface area (Å²) in [5, 5.41) is 10.9. The third kappa shape index (κ3) is 2.49. The predicted molar refractivity (Wildman–Crippen MR) is 68.6 cm³/mol. The van der Waals surface area contributed by atoms with Gasteiger partial charge in [-0.3, -0.25) is 0 Å². The molecule has 5 heteroatoms. The zero-order valence-corrected chi connectivity index (χ0v) is 10.3. The molecule has 0 radical (unpaired) electrons. The molecular formula is C11H11BrN4. The van der Waals surface area contributed by atoms with Crippen molar-refractivity contribution in [2.45, 2.75) is 6.92 Å². The maximum atomic E-state index is 5.46. The normalized spacial score (nSPS) is 10.1. The summed E-state index contributed by atoms with van der Waals surface area (Å²) in [5.74, 6) is 1.08. The van der Waals surface area contributed by atoms with Gasteiger partial charge in [-0.1, -0.05) is 6.07 Å². The lowest BCUT2D eigenvalue weighted by Gasteiger charge is -2.07. The Labute approximate surface area is 102 Å². The molecule has 0 spiro atoms. The second-order valence-electron chi connectivity index (χ2n) is 3.45. The first-order valence-corrected chi connectivity index (χ1v) is 5.57. The number of aryl methyl sites for hydroxylation is 1. The third-order valence-electron chi connectivity index (χ3n) is 2.07. The summed E-state index contributed by atoms with van der Waals surface area (Å²) in [6.07, 6.45) is 0. The van der Waals surface area contributed by atoms with Gasteiger partial charge in [-0.15, -0.1) is 10.2 Å². The van der Waals surface area contributed by atoms with Crippen LogP contribution in [-0.4, -0.2) is 10.2 Å². The van der Waals surface area contributed by atoms with Crippen molar-refractivity contribution in [3.05, 3.63) is 40.4 Å². The summed E-state index contributed by atoms with van der Waals surface area (Å²) in [6, 6.07) is 9.54. The van der Waals surface area contributed by atoms with Crippen LogP contribution < -0.4 is 11.1 Å². The molecule has 0 fully saturated rings. The van der Waals surface area contributed by atoms with Crippen LogP contribution in [-0.2, 0) is 0 Å². The maximum absolute atomic E-state index is 5.46. The average molecular weight is 279 g/mol. The molecule has 1 aromatic heterocycles. The standard InChI is InChI=1S/C11H11BrN4/c1-7-2-3-9(8(12)6-7)14-11-5-4-10(13)15-16-11/h2-6H,1H3,(H2,13,15)(H,14,16). The van der Waals surface area contributed by atoms with Crippen LogP contribution in [0.25, 0.3) is 0 Å². The molecule has 0 aliphatic carbocycles. The number of nitrogens with one attached hydrogen (secondary N) is 1. The topological polar surface area (TPSA) is 63.8 Å². The number of benzene rings is 1. The van der Waals surface area contributed by atoms with E-state index in [1.165, 1.54) is 5.56 Å². The molecule has 3 N–H and O–H groups in total. The Hall–Kier alpha value is -1.62. The fourth-order valence-corrected chi connectivity index (χ4v) is 1.86. The van der Waals surface area contributed by atoms with Crippen molar-refractivity contribution in [1.82, 2.24) is 10.2 Å². The Kier molecular flexibility index (Phi) is 3.05. The molecule has 2 rings (SSSR count). The second-order valence-corrected chi connectivity index (χ2v) is 4.31. The Morgan fingerprint density at radius 2 is 2.00 bits per heavy atom. The van der Waals surface area contributed by atoms with E-state index < -0.39 is 0 Å². The summed E-state index contributed by atoms with van der Waals surface area (Å²) in [5.41, 5.74) is 7.60. The van der Waals surface area contributed by atoms with Gasteiger partial charge in [0.15, 0.2) is 5.82 Å². The number of aromatic nitrogens is 2. The Morgan fingerprint density at radius 1 is 1.19 bits per heavy atom. The van der Waals surface area contributed by atoms with Crippen molar-refractivity contribution < 1.29 is 0 Å². The Balaban J connectivity index is 2.23. The monoisotopic (exact) mass is 278 g/mol. The lowest BCUT2D eigenvalue weighted by Crippen LogP contribution is -1.98. The van der Waals surface area contributed by atoms with Crippen LogP contribution in [0.3, 0.4) is 0 Å². The Morgan fingerprint density at radius 3 is 2.62 bits per heavy atom. The van der Waals surface area contributed by atoms with Gasteiger partial charge in [0, 0.05) is 4.47 Å². The molecule has 1 aromatic carbocycles. The summed E-state index contributed by atoms with van der Waals surface area (Å²) in [7, 11) is 0. The van der Waals surface area contributed by atoms with Crippen molar-refractivity contribution in [2.24, 2.45) is 0 Å². The van der Waals surface area contributed by atoms with Crippen LogP contribution in [0.15, 0.2) is 34.8 Å². The molecule has 0 aliphatic heterocycles. The quantitative estimate of drug-likeness (QED) is 0.887. The minimum Gasteiger partial charge on any atom is -0.382 e. The van der Waals surface area contributed by atoms with Gasteiger partial charge in [0.2, 0.25) is 0 Å². The highest BCUT2D eigenvalue weighted by atomic mass is 79.9. The van der Waals surface area contributed by atoms with Crippen molar-refractivity contribution in [3.63, 3.8) is 0 Å². The van der Waals surface area contributed by atoms with Crippen LogP contribution in [0.2, 0.25) is 0 Å². The van der Waals surface area contributed by atoms with Gasteiger partial charge in [0.25, 0.3) is 0 Å². The van der Waals surface area contributed by atoms with E-state index >= 15 is 0 Å². The number of hydrogen-bond acceptors (Lipinski definition) is 4. The van der Waals surface area contributed by atoms with Gasteiger partial charge in [-0.25, -0.2) is 0 Å². The highest BCUT2D eigenvalue weighted by Gasteiger charge is 2.01. The maximum Gasteiger partial charge on any atom is 0.153 e. The molecular weight excluding hydrogens is 268 g/mol. The lowest BCUT2D eigenvalue weighted by molar-refractivity contribution is 1.05. The van der Waals surface area contributed by atoms with Gasteiger partial charge in [0.1, 0.15) is 5.82 Å². The predicted octanol–water partition coefficient (Wildman–Crippen LogP) is 2.87.